The van der Waals surface area contributed by atoms with E-state index in [1.807, 2.05) is 0 Å². The van der Waals surface area contributed by atoms with Gasteiger partial charge in [0, 0.05) is 17.8 Å². The quantitative estimate of drug-likeness (QED) is 0.271. The molecule has 1 heterocycles. The zero-order valence-electron chi connectivity index (χ0n) is 14.1. The number of hydrogen-bond acceptors (Lipinski definition) is 4. The third kappa shape index (κ3) is 4.59. The number of carbonyl (C=O) groups is 3. The van der Waals surface area contributed by atoms with E-state index in [-0.39, 0.29) is 18.2 Å². The molecule has 26 heavy (non-hydrogen) atoms. The molecule has 2 atom stereocenters. The van der Waals surface area contributed by atoms with Gasteiger partial charge in [0.15, 0.2) is 0 Å². The lowest BCUT2D eigenvalue weighted by Crippen LogP contribution is -2.49. The Labute approximate surface area is 150 Å². The fourth-order valence-electron chi connectivity index (χ4n) is 2.64. The van der Waals surface area contributed by atoms with Crippen LogP contribution in [0.2, 0.25) is 0 Å². The molecule has 1 aliphatic rings. The van der Waals surface area contributed by atoms with Crippen LogP contribution >= 0.6 is 0 Å². The van der Waals surface area contributed by atoms with E-state index in [0.29, 0.717) is 24.2 Å². The van der Waals surface area contributed by atoms with E-state index >= 15 is 0 Å². The molecule has 6 N–H and O–H groups in total. The summed E-state index contributed by atoms with van der Waals surface area (Å²) in [7, 11) is 0. The van der Waals surface area contributed by atoms with Gasteiger partial charge in [0.25, 0.3) is 0 Å². The van der Waals surface area contributed by atoms with Crippen molar-refractivity contribution in [3.63, 3.8) is 0 Å². The van der Waals surface area contributed by atoms with Crippen LogP contribution in [-0.2, 0) is 9.59 Å². The van der Waals surface area contributed by atoms with Gasteiger partial charge in [-0.2, -0.15) is 0 Å². The van der Waals surface area contributed by atoms with Crippen molar-refractivity contribution in [2.24, 2.45) is 5.73 Å². The molecule has 2 rings (SSSR count). The number of aliphatic carboxylic acids is 1. The Hall–Kier alpha value is -3.36. The van der Waals surface area contributed by atoms with Crippen LogP contribution in [0.5, 0.6) is 0 Å². The number of anilines is 1. The standard InChI is InChI=1S/C17H21N5O4/c1-2-11(9-14(23)24)20-17(26)21-13-7-8-22(16(13)25)12-5-3-10(4-6-12)15(18)19/h2-6,11,13H,1,7-9H2,(H3,18,19)(H,23,24)(H2,20,21,26). The number of hydrogen-bond donors (Lipinski definition) is 5. The number of nitrogens with two attached hydrogens (primary N) is 1. The smallest absolute Gasteiger partial charge is 0.315 e. The molecule has 0 aromatic heterocycles. The van der Waals surface area contributed by atoms with Crippen molar-refractivity contribution in [2.75, 3.05) is 11.4 Å². The van der Waals surface area contributed by atoms with Crippen LogP contribution in [0.4, 0.5) is 10.5 Å². The fourth-order valence-corrected chi connectivity index (χ4v) is 2.64. The highest BCUT2D eigenvalue weighted by molar-refractivity contribution is 6.02. The monoisotopic (exact) mass is 359 g/mol. The summed E-state index contributed by atoms with van der Waals surface area (Å²) in [4.78, 5) is 36.7. The minimum atomic E-state index is -1.06. The normalized spacial score (nSPS) is 17.5. The predicted octanol–water partition coefficient (Wildman–Crippen LogP) is 0.404. The molecule has 0 radical (unpaired) electrons. The molecule has 1 saturated heterocycles. The molecule has 0 aliphatic carbocycles. The number of carboxylic acid groups (broad SMARTS) is 1. The molecule has 9 heteroatoms. The van der Waals surface area contributed by atoms with Crippen molar-refractivity contribution in [2.45, 2.75) is 24.9 Å². The topological polar surface area (TPSA) is 149 Å². The van der Waals surface area contributed by atoms with E-state index in [0.717, 1.165) is 0 Å². The Morgan fingerprint density at radius 2 is 2.08 bits per heavy atom. The summed E-state index contributed by atoms with van der Waals surface area (Å²) >= 11 is 0. The van der Waals surface area contributed by atoms with Crippen molar-refractivity contribution in [3.8, 4) is 0 Å². The number of rotatable bonds is 7. The molecule has 1 fully saturated rings. The van der Waals surface area contributed by atoms with Crippen molar-refractivity contribution in [1.29, 1.82) is 5.41 Å². The van der Waals surface area contributed by atoms with Gasteiger partial charge in [-0.25, -0.2) is 4.79 Å². The summed E-state index contributed by atoms with van der Waals surface area (Å²) in [6.45, 7) is 3.91. The third-order valence-corrected chi connectivity index (χ3v) is 4.00. The van der Waals surface area contributed by atoms with Gasteiger partial charge in [0.05, 0.1) is 12.5 Å². The van der Waals surface area contributed by atoms with E-state index in [1.165, 1.54) is 11.0 Å². The summed E-state index contributed by atoms with van der Waals surface area (Å²) in [5.41, 5.74) is 6.62. The van der Waals surface area contributed by atoms with Crippen molar-refractivity contribution < 1.29 is 19.5 Å². The van der Waals surface area contributed by atoms with Crippen molar-refractivity contribution in [3.05, 3.63) is 42.5 Å². The largest absolute Gasteiger partial charge is 0.481 e. The lowest BCUT2D eigenvalue weighted by Gasteiger charge is -2.19. The summed E-state index contributed by atoms with van der Waals surface area (Å²) in [6.07, 6.45) is 1.47. The molecular formula is C17H21N5O4. The van der Waals surface area contributed by atoms with Gasteiger partial charge in [-0.15, -0.1) is 6.58 Å². The average molecular weight is 359 g/mol. The Morgan fingerprint density at radius 1 is 1.42 bits per heavy atom. The minimum absolute atomic E-state index is 0.0568. The fraction of sp³-hybridized carbons (Fsp3) is 0.294. The predicted molar refractivity (Wildman–Crippen MR) is 96.1 cm³/mol. The molecule has 1 aromatic carbocycles. The van der Waals surface area contributed by atoms with Crippen LogP contribution < -0.4 is 21.3 Å². The van der Waals surface area contributed by atoms with Gasteiger partial charge in [-0.05, 0) is 30.7 Å². The number of carboxylic acids is 1. The lowest BCUT2D eigenvalue weighted by molar-refractivity contribution is -0.137. The van der Waals surface area contributed by atoms with E-state index in [4.69, 9.17) is 16.2 Å². The maximum Gasteiger partial charge on any atom is 0.315 e. The van der Waals surface area contributed by atoms with Gasteiger partial charge in [0.1, 0.15) is 11.9 Å². The van der Waals surface area contributed by atoms with Crippen LogP contribution in [0.25, 0.3) is 0 Å². The summed E-state index contributed by atoms with van der Waals surface area (Å²) < 4.78 is 0. The third-order valence-electron chi connectivity index (χ3n) is 4.00. The summed E-state index contributed by atoms with van der Waals surface area (Å²) in [6, 6.07) is 4.65. The first-order chi connectivity index (χ1) is 12.3. The lowest BCUT2D eigenvalue weighted by atomic mass is 10.2. The Morgan fingerprint density at radius 3 is 2.62 bits per heavy atom. The number of amides is 3. The number of urea groups is 1. The maximum atomic E-state index is 12.5. The van der Waals surface area contributed by atoms with Crippen LogP contribution in [0.1, 0.15) is 18.4 Å². The molecule has 2 unspecified atom stereocenters. The first kappa shape index (κ1) is 19.0. The van der Waals surface area contributed by atoms with Crippen LogP contribution in [0.3, 0.4) is 0 Å². The number of benzene rings is 1. The second-order valence-electron chi connectivity index (χ2n) is 5.85. The molecule has 138 valence electrons. The van der Waals surface area contributed by atoms with Gasteiger partial charge in [-0.1, -0.05) is 6.08 Å². The van der Waals surface area contributed by atoms with Gasteiger partial charge in [0.2, 0.25) is 5.91 Å². The Kier molecular flexibility index (Phi) is 5.94. The van der Waals surface area contributed by atoms with Crippen LogP contribution in [-0.4, -0.2) is 47.5 Å². The number of amidine groups is 1. The van der Waals surface area contributed by atoms with Gasteiger partial charge in [-0.3, -0.25) is 15.0 Å². The molecule has 0 spiro atoms. The Balaban J connectivity index is 1.95. The molecule has 0 bridgehead atoms. The summed E-state index contributed by atoms with van der Waals surface area (Å²) in [5.74, 6) is -1.38. The molecule has 9 nitrogen and oxygen atoms in total. The highest BCUT2D eigenvalue weighted by Crippen LogP contribution is 2.22. The van der Waals surface area contributed by atoms with Crippen LogP contribution in [0.15, 0.2) is 36.9 Å². The zero-order valence-corrected chi connectivity index (χ0v) is 14.1. The first-order valence-electron chi connectivity index (χ1n) is 7.99. The molecule has 3 amide bonds. The van der Waals surface area contributed by atoms with Crippen molar-refractivity contribution >= 4 is 29.4 Å². The number of nitrogens with zero attached hydrogens (tertiary/aromatic N) is 1. The van der Waals surface area contributed by atoms with Crippen LogP contribution in [0, 0.1) is 5.41 Å². The minimum Gasteiger partial charge on any atom is -0.481 e. The Bertz CT molecular complexity index is 731. The molecule has 1 aliphatic heterocycles. The maximum absolute atomic E-state index is 12.5. The molecular weight excluding hydrogens is 338 g/mol. The highest BCUT2D eigenvalue weighted by atomic mass is 16.4. The van der Waals surface area contributed by atoms with E-state index in [1.54, 1.807) is 24.3 Å². The second kappa shape index (κ2) is 8.15. The SMILES string of the molecule is C=CC(CC(=O)O)NC(=O)NC1CCN(c2ccc(C(=N)N)cc2)C1=O. The van der Waals surface area contributed by atoms with E-state index in [2.05, 4.69) is 17.2 Å². The number of nitrogens with one attached hydrogen (secondary N) is 3. The first-order valence-corrected chi connectivity index (χ1v) is 7.99. The van der Waals surface area contributed by atoms with Gasteiger partial charge >= 0.3 is 12.0 Å². The van der Waals surface area contributed by atoms with E-state index in [9.17, 15) is 14.4 Å². The summed E-state index contributed by atoms with van der Waals surface area (Å²) in [5, 5.41) is 21.2. The van der Waals surface area contributed by atoms with E-state index < -0.39 is 24.1 Å². The number of nitrogen functional groups attached to an aromatic ring is 1. The van der Waals surface area contributed by atoms with Gasteiger partial charge < -0.3 is 26.4 Å². The average Bonchev–Trinajstić information content (AvgIpc) is 2.94. The second-order valence-corrected chi connectivity index (χ2v) is 5.85. The highest BCUT2D eigenvalue weighted by Gasteiger charge is 2.33. The molecule has 1 aromatic rings. The number of carbonyl (C=O) groups excluding carboxylic acids is 2. The molecule has 0 saturated carbocycles. The zero-order chi connectivity index (χ0) is 19.3. The van der Waals surface area contributed by atoms with Crippen molar-refractivity contribution in [1.82, 2.24) is 10.6 Å².